The Labute approximate surface area is 178 Å². The van der Waals surface area contributed by atoms with Gasteiger partial charge in [-0.05, 0) is 49.2 Å². The number of carbonyl (C=O) groups excluding carboxylic acids is 1. The molecule has 2 aromatic carbocycles. The highest BCUT2D eigenvalue weighted by Crippen LogP contribution is 2.34. The molecule has 0 amide bonds. The number of nitrogens with zero attached hydrogens (tertiary/aromatic N) is 2. The number of esters is 1. The van der Waals surface area contributed by atoms with E-state index in [1.54, 1.807) is 42.0 Å². The number of hydrogen-bond acceptors (Lipinski definition) is 6. The number of fused-ring (bicyclic) bond motifs is 1. The van der Waals surface area contributed by atoms with Crippen LogP contribution in [-0.4, -0.2) is 36.3 Å². The first-order valence-electron chi connectivity index (χ1n) is 9.48. The largest absolute Gasteiger partial charge is 0.465 e. The van der Waals surface area contributed by atoms with Crippen LogP contribution in [0.15, 0.2) is 52.4 Å². The number of thioether (sulfide) groups is 1. The average Bonchev–Trinajstić information content (AvgIpc) is 2.75. The number of aromatic nitrogens is 2. The monoisotopic (exact) mass is 430 g/mol. The van der Waals surface area contributed by atoms with Gasteiger partial charge in [-0.15, -0.1) is 0 Å². The maximum atomic E-state index is 13.3. The lowest BCUT2D eigenvalue weighted by Gasteiger charge is -2.17. The van der Waals surface area contributed by atoms with Crippen molar-refractivity contribution in [3.05, 3.63) is 69.8 Å². The van der Waals surface area contributed by atoms with Gasteiger partial charge < -0.3 is 9.47 Å². The van der Waals surface area contributed by atoms with Crippen molar-refractivity contribution in [1.29, 1.82) is 0 Å². The highest BCUT2D eigenvalue weighted by atomic mass is 32.2. The Kier molecular flexibility index (Phi) is 7.23. The van der Waals surface area contributed by atoms with E-state index in [2.05, 4.69) is 4.98 Å². The molecule has 1 atom stereocenters. The van der Waals surface area contributed by atoms with Crippen LogP contribution < -0.4 is 5.56 Å². The minimum atomic E-state index is -0.489. The zero-order chi connectivity index (χ0) is 21.7. The molecular weight excluding hydrogens is 407 g/mol. The summed E-state index contributed by atoms with van der Waals surface area (Å²) in [7, 11) is 2.92. The molecule has 6 nitrogen and oxygen atoms in total. The number of benzene rings is 2. The third-order valence-corrected chi connectivity index (χ3v) is 5.84. The lowest BCUT2D eigenvalue weighted by Crippen LogP contribution is -2.24. The molecule has 0 fully saturated rings. The van der Waals surface area contributed by atoms with Gasteiger partial charge in [0.25, 0.3) is 5.56 Å². The molecule has 0 radical (unpaired) electrons. The molecule has 30 heavy (non-hydrogen) atoms. The van der Waals surface area contributed by atoms with Crippen molar-refractivity contribution in [3.8, 4) is 0 Å². The topological polar surface area (TPSA) is 70.4 Å². The molecule has 0 aliphatic rings. The molecule has 0 spiro atoms. The fourth-order valence-electron chi connectivity index (χ4n) is 3.06. The Morgan fingerprint density at radius 1 is 1.20 bits per heavy atom. The smallest absolute Gasteiger partial charge is 0.337 e. The Morgan fingerprint density at radius 2 is 1.93 bits per heavy atom. The van der Waals surface area contributed by atoms with Gasteiger partial charge in [-0.3, -0.25) is 9.36 Å². The first kappa shape index (κ1) is 22.0. The summed E-state index contributed by atoms with van der Waals surface area (Å²) in [5.41, 5.74) is 1.50. The maximum absolute atomic E-state index is 13.3. The van der Waals surface area contributed by atoms with Crippen LogP contribution in [0.2, 0.25) is 0 Å². The zero-order valence-corrected chi connectivity index (χ0v) is 17.9. The van der Waals surface area contributed by atoms with E-state index in [9.17, 15) is 14.0 Å². The number of carbonyl (C=O) groups is 1. The molecule has 3 rings (SSSR count). The van der Waals surface area contributed by atoms with Crippen LogP contribution in [0.25, 0.3) is 10.9 Å². The number of rotatable bonds is 8. The summed E-state index contributed by atoms with van der Waals surface area (Å²) in [5, 5.41) is 0.897. The minimum Gasteiger partial charge on any atom is -0.465 e. The van der Waals surface area contributed by atoms with Gasteiger partial charge in [0.05, 0.1) is 23.6 Å². The van der Waals surface area contributed by atoms with E-state index in [1.807, 2.05) is 6.92 Å². The normalized spacial score (nSPS) is 12.1. The van der Waals surface area contributed by atoms with Crippen molar-refractivity contribution in [3.63, 3.8) is 0 Å². The van der Waals surface area contributed by atoms with Gasteiger partial charge in [-0.2, -0.15) is 0 Å². The number of halogens is 1. The van der Waals surface area contributed by atoms with E-state index in [0.29, 0.717) is 41.2 Å². The number of ether oxygens (including phenoxy) is 2. The van der Waals surface area contributed by atoms with E-state index in [0.717, 1.165) is 5.56 Å². The van der Waals surface area contributed by atoms with Crippen LogP contribution in [-0.2, 0) is 16.0 Å². The maximum Gasteiger partial charge on any atom is 0.337 e. The molecule has 3 aromatic rings. The van der Waals surface area contributed by atoms with E-state index in [1.165, 1.54) is 31.0 Å². The second kappa shape index (κ2) is 9.86. The summed E-state index contributed by atoms with van der Waals surface area (Å²) in [6, 6.07) is 11.0. The molecule has 0 unspecified atom stereocenters. The summed E-state index contributed by atoms with van der Waals surface area (Å²) in [4.78, 5) is 29.7. The second-order valence-electron chi connectivity index (χ2n) is 6.73. The van der Waals surface area contributed by atoms with E-state index >= 15 is 0 Å². The zero-order valence-electron chi connectivity index (χ0n) is 17.1. The molecule has 0 saturated heterocycles. The highest BCUT2D eigenvalue weighted by molar-refractivity contribution is 7.99. The predicted octanol–water partition coefficient (Wildman–Crippen LogP) is 4.21. The molecule has 158 valence electrons. The Bertz CT molecular complexity index is 1100. The summed E-state index contributed by atoms with van der Waals surface area (Å²) in [6.07, 6.45) is 0.655. The minimum absolute atomic E-state index is 0.0626. The molecule has 0 N–H and O–H groups in total. The molecule has 0 aliphatic heterocycles. The van der Waals surface area contributed by atoms with Crippen LogP contribution in [0.4, 0.5) is 4.39 Å². The van der Waals surface area contributed by atoms with Gasteiger partial charge in [0, 0.05) is 25.5 Å². The van der Waals surface area contributed by atoms with Gasteiger partial charge in [0.2, 0.25) is 0 Å². The molecule has 1 heterocycles. The van der Waals surface area contributed by atoms with E-state index in [-0.39, 0.29) is 16.6 Å². The lowest BCUT2D eigenvalue weighted by atomic mass is 10.1. The summed E-state index contributed by atoms with van der Waals surface area (Å²) in [6.45, 7) is 2.94. The van der Waals surface area contributed by atoms with Crippen LogP contribution in [0.3, 0.4) is 0 Å². The SMILES string of the molecule is COCCCn1c(S[C@H](C)c2ccc(F)cc2)nc2cc(C(=O)OC)ccc2c1=O. The van der Waals surface area contributed by atoms with Crippen molar-refractivity contribution in [2.45, 2.75) is 30.3 Å². The summed E-state index contributed by atoms with van der Waals surface area (Å²) < 4.78 is 24.8. The van der Waals surface area contributed by atoms with Gasteiger partial charge in [0.1, 0.15) is 5.82 Å². The van der Waals surface area contributed by atoms with Gasteiger partial charge in [-0.25, -0.2) is 14.2 Å². The highest BCUT2D eigenvalue weighted by Gasteiger charge is 2.17. The van der Waals surface area contributed by atoms with Crippen molar-refractivity contribution < 1.29 is 18.7 Å². The molecule has 0 saturated carbocycles. The number of methoxy groups -OCH3 is 2. The van der Waals surface area contributed by atoms with Gasteiger partial charge >= 0.3 is 5.97 Å². The quantitative estimate of drug-likeness (QED) is 0.231. The summed E-state index contributed by atoms with van der Waals surface area (Å²) in [5.74, 6) is -0.788. The Morgan fingerprint density at radius 3 is 2.60 bits per heavy atom. The molecule has 8 heteroatoms. The molecular formula is C22H23FN2O4S. The predicted molar refractivity (Wildman–Crippen MR) is 115 cm³/mol. The van der Waals surface area contributed by atoms with Crippen molar-refractivity contribution in [2.24, 2.45) is 0 Å². The van der Waals surface area contributed by atoms with Crippen molar-refractivity contribution in [2.75, 3.05) is 20.8 Å². The van der Waals surface area contributed by atoms with E-state index < -0.39 is 5.97 Å². The Hall–Kier alpha value is -2.71. The van der Waals surface area contributed by atoms with Crippen LogP contribution >= 0.6 is 11.8 Å². The Balaban J connectivity index is 2.05. The number of hydrogen-bond donors (Lipinski definition) is 0. The summed E-state index contributed by atoms with van der Waals surface area (Å²) >= 11 is 1.41. The van der Waals surface area contributed by atoms with Gasteiger partial charge in [-0.1, -0.05) is 23.9 Å². The first-order valence-corrected chi connectivity index (χ1v) is 10.4. The fraction of sp³-hybridized carbons (Fsp3) is 0.318. The van der Waals surface area contributed by atoms with E-state index in [4.69, 9.17) is 9.47 Å². The first-order chi connectivity index (χ1) is 14.4. The average molecular weight is 431 g/mol. The second-order valence-corrected chi connectivity index (χ2v) is 8.04. The van der Waals surface area contributed by atoms with Crippen LogP contribution in [0.5, 0.6) is 0 Å². The third-order valence-electron chi connectivity index (χ3n) is 4.69. The standard InChI is InChI=1S/C22H23FN2O4S/c1-14(15-5-8-17(23)9-6-15)30-22-24-19-13-16(21(27)29-3)7-10-18(19)20(26)25(22)11-4-12-28-2/h5-10,13-14H,4,11-12H2,1-3H3/t14-/m1/s1. The van der Waals surface area contributed by atoms with Crippen molar-refractivity contribution >= 4 is 28.6 Å². The fourth-order valence-corrected chi connectivity index (χ4v) is 4.12. The van der Waals surface area contributed by atoms with Gasteiger partial charge in [0.15, 0.2) is 5.16 Å². The lowest BCUT2D eigenvalue weighted by molar-refractivity contribution is 0.0601. The molecule has 0 bridgehead atoms. The van der Waals surface area contributed by atoms with Crippen LogP contribution in [0.1, 0.15) is 34.5 Å². The molecule has 1 aromatic heterocycles. The third kappa shape index (κ3) is 4.88. The van der Waals surface area contributed by atoms with Crippen molar-refractivity contribution in [1.82, 2.24) is 9.55 Å². The van der Waals surface area contributed by atoms with Crippen LogP contribution in [0, 0.1) is 5.82 Å². The molecule has 0 aliphatic carbocycles.